The highest BCUT2D eigenvalue weighted by Crippen LogP contribution is 2.26. The van der Waals surface area contributed by atoms with Crippen LogP contribution in [0.1, 0.15) is 36.5 Å². The zero-order valence-electron chi connectivity index (χ0n) is 14.2. The molecule has 0 heterocycles. The lowest BCUT2D eigenvalue weighted by molar-refractivity contribution is -0.138. The fourth-order valence-corrected chi connectivity index (χ4v) is 2.85. The molecule has 0 saturated heterocycles. The Balaban J connectivity index is 2.14. The third-order valence-electron chi connectivity index (χ3n) is 4.35. The van der Waals surface area contributed by atoms with Gasteiger partial charge in [0, 0.05) is 6.54 Å². The van der Waals surface area contributed by atoms with Gasteiger partial charge in [-0.3, -0.25) is 9.59 Å². The second kappa shape index (κ2) is 7.30. The van der Waals surface area contributed by atoms with E-state index in [2.05, 4.69) is 5.32 Å². The standard InChI is InChI=1S/C20H23NO3/c1-14-9-7-8-12-17(14)20(2,3)19(24)21-13-16(18(22)23)15-10-5-4-6-11-15/h4-12,16H,13H2,1-3H3,(H,21,24)(H,22,23). The van der Waals surface area contributed by atoms with E-state index in [1.54, 1.807) is 24.3 Å². The summed E-state index contributed by atoms with van der Waals surface area (Å²) in [5.41, 5.74) is 1.93. The smallest absolute Gasteiger partial charge is 0.312 e. The van der Waals surface area contributed by atoms with Gasteiger partial charge < -0.3 is 10.4 Å². The van der Waals surface area contributed by atoms with E-state index in [4.69, 9.17) is 0 Å². The molecule has 24 heavy (non-hydrogen) atoms. The molecule has 0 bridgehead atoms. The Morgan fingerprint density at radius 1 is 1.04 bits per heavy atom. The monoisotopic (exact) mass is 325 g/mol. The van der Waals surface area contributed by atoms with Gasteiger partial charge in [-0.15, -0.1) is 0 Å². The highest BCUT2D eigenvalue weighted by molar-refractivity contribution is 5.88. The Bertz CT molecular complexity index is 723. The molecule has 2 rings (SSSR count). The minimum Gasteiger partial charge on any atom is -0.481 e. The molecule has 0 saturated carbocycles. The predicted octanol–water partition coefficient (Wildman–Crippen LogP) is 3.26. The molecule has 0 spiro atoms. The van der Waals surface area contributed by atoms with Crippen molar-refractivity contribution in [2.45, 2.75) is 32.1 Å². The van der Waals surface area contributed by atoms with Crippen molar-refractivity contribution in [2.75, 3.05) is 6.54 Å². The van der Waals surface area contributed by atoms with E-state index in [-0.39, 0.29) is 12.5 Å². The topological polar surface area (TPSA) is 66.4 Å². The van der Waals surface area contributed by atoms with E-state index in [1.165, 1.54) is 0 Å². The van der Waals surface area contributed by atoms with Crippen LogP contribution in [0.15, 0.2) is 54.6 Å². The molecule has 1 atom stereocenters. The van der Waals surface area contributed by atoms with Crippen molar-refractivity contribution in [1.82, 2.24) is 5.32 Å². The Labute approximate surface area is 142 Å². The van der Waals surface area contributed by atoms with Crippen molar-refractivity contribution >= 4 is 11.9 Å². The van der Waals surface area contributed by atoms with E-state index in [9.17, 15) is 14.7 Å². The Kier molecular flexibility index (Phi) is 5.39. The minimum absolute atomic E-state index is 0.0630. The maximum Gasteiger partial charge on any atom is 0.312 e. The van der Waals surface area contributed by atoms with Gasteiger partial charge in [-0.25, -0.2) is 0 Å². The van der Waals surface area contributed by atoms with E-state index in [1.807, 2.05) is 51.1 Å². The van der Waals surface area contributed by atoms with E-state index < -0.39 is 17.3 Å². The Morgan fingerprint density at radius 2 is 1.62 bits per heavy atom. The van der Waals surface area contributed by atoms with Crippen molar-refractivity contribution in [3.8, 4) is 0 Å². The second-order valence-electron chi connectivity index (χ2n) is 6.45. The van der Waals surface area contributed by atoms with Crippen molar-refractivity contribution in [3.63, 3.8) is 0 Å². The molecule has 4 heteroatoms. The molecule has 1 amide bonds. The summed E-state index contributed by atoms with van der Waals surface area (Å²) in [7, 11) is 0. The molecular weight excluding hydrogens is 302 g/mol. The van der Waals surface area contributed by atoms with Crippen LogP contribution < -0.4 is 5.32 Å². The number of aliphatic carboxylic acids is 1. The van der Waals surface area contributed by atoms with Gasteiger partial charge in [-0.2, -0.15) is 0 Å². The van der Waals surface area contributed by atoms with Crippen LogP contribution in [0.5, 0.6) is 0 Å². The maximum atomic E-state index is 12.7. The van der Waals surface area contributed by atoms with Crippen LogP contribution in [0.4, 0.5) is 0 Å². The molecule has 4 nitrogen and oxygen atoms in total. The third kappa shape index (κ3) is 3.82. The number of carbonyl (C=O) groups excluding carboxylic acids is 1. The lowest BCUT2D eigenvalue weighted by atomic mass is 9.81. The lowest BCUT2D eigenvalue weighted by Crippen LogP contribution is -2.43. The van der Waals surface area contributed by atoms with Gasteiger partial charge in [0.1, 0.15) is 0 Å². The molecule has 0 aliphatic carbocycles. The summed E-state index contributed by atoms with van der Waals surface area (Å²) in [6.45, 7) is 5.73. The van der Waals surface area contributed by atoms with Crippen LogP contribution in [0.2, 0.25) is 0 Å². The molecule has 2 N–H and O–H groups in total. The van der Waals surface area contributed by atoms with Gasteiger partial charge in [-0.05, 0) is 37.5 Å². The first-order valence-corrected chi connectivity index (χ1v) is 7.96. The molecule has 0 aliphatic rings. The number of aryl methyl sites for hydroxylation is 1. The third-order valence-corrected chi connectivity index (χ3v) is 4.35. The fourth-order valence-electron chi connectivity index (χ4n) is 2.85. The lowest BCUT2D eigenvalue weighted by Gasteiger charge is -2.27. The van der Waals surface area contributed by atoms with Crippen LogP contribution in [0, 0.1) is 6.92 Å². The molecule has 0 aliphatic heterocycles. The van der Waals surface area contributed by atoms with Crippen molar-refractivity contribution in [1.29, 1.82) is 0 Å². The van der Waals surface area contributed by atoms with E-state index in [0.29, 0.717) is 5.56 Å². The summed E-state index contributed by atoms with van der Waals surface area (Å²) >= 11 is 0. The van der Waals surface area contributed by atoms with Crippen LogP contribution in [-0.4, -0.2) is 23.5 Å². The maximum absolute atomic E-state index is 12.7. The molecule has 2 aromatic rings. The molecule has 0 radical (unpaired) electrons. The summed E-state index contributed by atoms with van der Waals surface area (Å²) in [4.78, 5) is 24.2. The number of benzene rings is 2. The van der Waals surface area contributed by atoms with Crippen LogP contribution in [-0.2, 0) is 15.0 Å². The summed E-state index contributed by atoms with van der Waals surface area (Å²) in [5, 5.41) is 12.3. The van der Waals surface area contributed by atoms with Crippen LogP contribution in [0.3, 0.4) is 0 Å². The predicted molar refractivity (Wildman–Crippen MR) is 94.0 cm³/mol. The van der Waals surface area contributed by atoms with Gasteiger partial charge in [-0.1, -0.05) is 54.6 Å². The van der Waals surface area contributed by atoms with E-state index >= 15 is 0 Å². The minimum atomic E-state index is -0.949. The molecule has 2 aromatic carbocycles. The summed E-state index contributed by atoms with van der Waals surface area (Å²) in [6, 6.07) is 16.7. The summed E-state index contributed by atoms with van der Waals surface area (Å²) in [5.74, 6) is -1.89. The number of hydrogen-bond donors (Lipinski definition) is 2. The summed E-state index contributed by atoms with van der Waals surface area (Å²) < 4.78 is 0. The highest BCUT2D eigenvalue weighted by Gasteiger charge is 2.32. The van der Waals surface area contributed by atoms with E-state index in [0.717, 1.165) is 11.1 Å². The largest absolute Gasteiger partial charge is 0.481 e. The van der Waals surface area contributed by atoms with Gasteiger partial charge in [0.25, 0.3) is 0 Å². The average Bonchev–Trinajstić information content (AvgIpc) is 2.55. The van der Waals surface area contributed by atoms with Gasteiger partial charge >= 0.3 is 5.97 Å². The van der Waals surface area contributed by atoms with Crippen LogP contribution in [0.25, 0.3) is 0 Å². The fraction of sp³-hybridized carbons (Fsp3) is 0.300. The van der Waals surface area contributed by atoms with Gasteiger partial charge in [0.15, 0.2) is 0 Å². The Hall–Kier alpha value is -2.62. The normalized spacial score (nSPS) is 12.5. The number of rotatable bonds is 6. The molecule has 0 fully saturated rings. The van der Waals surface area contributed by atoms with Gasteiger partial charge in [0.2, 0.25) is 5.91 Å². The number of carboxylic acids is 1. The van der Waals surface area contributed by atoms with Crippen LogP contribution >= 0.6 is 0 Å². The first-order valence-electron chi connectivity index (χ1n) is 7.96. The molecular formula is C20H23NO3. The number of nitrogens with one attached hydrogen (secondary N) is 1. The number of amides is 1. The summed E-state index contributed by atoms with van der Waals surface area (Å²) in [6.07, 6.45) is 0. The molecule has 0 aromatic heterocycles. The number of carbonyl (C=O) groups is 2. The number of carboxylic acid groups (broad SMARTS) is 1. The number of hydrogen-bond acceptors (Lipinski definition) is 2. The zero-order chi connectivity index (χ0) is 17.7. The SMILES string of the molecule is Cc1ccccc1C(C)(C)C(=O)NCC(C(=O)O)c1ccccc1. The van der Waals surface area contributed by atoms with Crippen molar-refractivity contribution in [2.24, 2.45) is 0 Å². The Morgan fingerprint density at radius 3 is 2.21 bits per heavy atom. The van der Waals surface area contributed by atoms with Crippen molar-refractivity contribution < 1.29 is 14.7 Å². The zero-order valence-corrected chi connectivity index (χ0v) is 14.2. The van der Waals surface area contributed by atoms with Gasteiger partial charge in [0.05, 0.1) is 11.3 Å². The molecule has 1 unspecified atom stereocenters. The first-order chi connectivity index (χ1) is 11.3. The van der Waals surface area contributed by atoms with Crippen molar-refractivity contribution in [3.05, 3.63) is 71.3 Å². The first kappa shape index (κ1) is 17.7. The molecule has 126 valence electrons. The average molecular weight is 325 g/mol. The quantitative estimate of drug-likeness (QED) is 0.857. The highest BCUT2D eigenvalue weighted by atomic mass is 16.4. The second-order valence-corrected chi connectivity index (χ2v) is 6.45.